The molecule has 0 atom stereocenters. The molecule has 76 valence electrons. The Bertz CT molecular complexity index is 155. The van der Waals surface area contributed by atoms with Crippen molar-refractivity contribution in [3.63, 3.8) is 0 Å². The molecule has 0 radical (unpaired) electrons. The van der Waals surface area contributed by atoms with Crippen LogP contribution in [0.4, 0.5) is 0 Å². The molecular formula is C11H22N2. The summed E-state index contributed by atoms with van der Waals surface area (Å²) in [5, 5.41) is 0. The highest BCUT2D eigenvalue weighted by Crippen LogP contribution is 2.13. The molecule has 1 heterocycles. The third-order valence-electron chi connectivity index (χ3n) is 2.85. The van der Waals surface area contributed by atoms with E-state index in [0.717, 1.165) is 19.6 Å². The maximum absolute atomic E-state index is 4.16. The fourth-order valence-corrected chi connectivity index (χ4v) is 1.84. The van der Waals surface area contributed by atoms with Crippen LogP contribution in [0.1, 0.15) is 26.7 Å². The van der Waals surface area contributed by atoms with Gasteiger partial charge in [0.1, 0.15) is 0 Å². The average molecular weight is 182 g/mol. The van der Waals surface area contributed by atoms with Crippen molar-refractivity contribution in [2.45, 2.75) is 26.7 Å². The lowest BCUT2D eigenvalue weighted by molar-refractivity contribution is 0.288. The number of hydrogen-bond acceptors (Lipinski definition) is 2. The molecule has 0 unspecified atom stereocenters. The summed E-state index contributed by atoms with van der Waals surface area (Å²) in [6, 6.07) is 0. The monoisotopic (exact) mass is 182 g/mol. The van der Waals surface area contributed by atoms with Crippen LogP contribution in [0.15, 0.2) is 12.3 Å². The molecule has 2 heteroatoms. The molecule has 1 fully saturated rings. The fourth-order valence-electron chi connectivity index (χ4n) is 1.84. The molecule has 1 rings (SSSR count). The molecule has 0 aliphatic carbocycles. The van der Waals surface area contributed by atoms with Gasteiger partial charge >= 0.3 is 0 Å². The summed E-state index contributed by atoms with van der Waals surface area (Å²) in [6.07, 6.45) is 2.69. The zero-order valence-corrected chi connectivity index (χ0v) is 9.05. The molecule has 0 bridgehead atoms. The lowest BCUT2D eigenvalue weighted by Gasteiger charge is -2.26. The Kier molecular flexibility index (Phi) is 4.29. The molecule has 1 saturated heterocycles. The van der Waals surface area contributed by atoms with E-state index in [4.69, 9.17) is 0 Å². The Morgan fingerprint density at radius 1 is 1.23 bits per heavy atom. The lowest BCUT2D eigenvalue weighted by atomic mass is 10.3. The Morgan fingerprint density at radius 3 is 2.23 bits per heavy atom. The van der Waals surface area contributed by atoms with Crippen LogP contribution in [0.3, 0.4) is 0 Å². The molecule has 0 spiro atoms. The molecule has 0 aromatic heterocycles. The third kappa shape index (κ3) is 3.03. The summed E-state index contributed by atoms with van der Waals surface area (Å²) >= 11 is 0. The van der Waals surface area contributed by atoms with E-state index in [9.17, 15) is 0 Å². The zero-order chi connectivity index (χ0) is 9.68. The maximum Gasteiger partial charge on any atom is 0.0377 e. The highest BCUT2D eigenvalue weighted by molar-refractivity contribution is 4.98. The van der Waals surface area contributed by atoms with Gasteiger partial charge < -0.3 is 4.90 Å². The van der Waals surface area contributed by atoms with Crippen LogP contribution >= 0.6 is 0 Å². The minimum absolute atomic E-state index is 1.05. The van der Waals surface area contributed by atoms with E-state index >= 15 is 0 Å². The maximum atomic E-state index is 4.16. The third-order valence-corrected chi connectivity index (χ3v) is 2.85. The van der Waals surface area contributed by atoms with E-state index in [1.165, 1.54) is 31.6 Å². The van der Waals surface area contributed by atoms with E-state index < -0.39 is 0 Å². The van der Waals surface area contributed by atoms with Crippen molar-refractivity contribution >= 4 is 0 Å². The quantitative estimate of drug-likeness (QED) is 0.641. The summed E-state index contributed by atoms with van der Waals surface area (Å²) in [5.74, 6) is 0. The van der Waals surface area contributed by atoms with Crippen LogP contribution in [-0.2, 0) is 0 Å². The van der Waals surface area contributed by atoms with Gasteiger partial charge in [-0.2, -0.15) is 0 Å². The molecule has 0 N–H and O–H groups in total. The molecule has 13 heavy (non-hydrogen) atoms. The predicted molar refractivity (Wildman–Crippen MR) is 57.7 cm³/mol. The summed E-state index contributed by atoms with van der Waals surface area (Å²) < 4.78 is 0. The lowest BCUT2D eigenvalue weighted by Crippen LogP contribution is -2.31. The first-order valence-corrected chi connectivity index (χ1v) is 5.43. The molecule has 0 aromatic rings. The Hall–Kier alpha value is -0.500. The summed E-state index contributed by atoms with van der Waals surface area (Å²) in [5.41, 5.74) is 1.31. The Morgan fingerprint density at radius 2 is 1.77 bits per heavy atom. The van der Waals surface area contributed by atoms with E-state index in [0.29, 0.717) is 0 Å². The van der Waals surface area contributed by atoms with Crippen LogP contribution in [0.25, 0.3) is 0 Å². The van der Waals surface area contributed by atoms with Crippen molar-refractivity contribution in [1.29, 1.82) is 0 Å². The summed E-state index contributed by atoms with van der Waals surface area (Å²) in [4.78, 5) is 4.85. The number of likely N-dealkylation sites (tertiary alicyclic amines) is 1. The largest absolute Gasteiger partial charge is 0.374 e. The number of nitrogens with zero attached hydrogens (tertiary/aromatic N) is 2. The van der Waals surface area contributed by atoms with Crippen LogP contribution in [0, 0.1) is 0 Å². The van der Waals surface area contributed by atoms with Crippen LogP contribution < -0.4 is 0 Å². The molecule has 1 aliphatic rings. The van der Waals surface area contributed by atoms with Crippen LogP contribution in [0.5, 0.6) is 0 Å². The van der Waals surface area contributed by atoms with Crippen molar-refractivity contribution in [3.8, 4) is 0 Å². The first kappa shape index (κ1) is 10.6. The van der Waals surface area contributed by atoms with Gasteiger partial charge in [-0.1, -0.05) is 20.4 Å². The number of hydrogen-bond donors (Lipinski definition) is 0. The van der Waals surface area contributed by atoms with Crippen molar-refractivity contribution in [3.05, 3.63) is 12.3 Å². The van der Waals surface area contributed by atoms with E-state index in [1.807, 2.05) is 0 Å². The van der Waals surface area contributed by atoms with Crippen LogP contribution in [0.2, 0.25) is 0 Å². The van der Waals surface area contributed by atoms with Gasteiger partial charge in [-0.3, -0.25) is 4.90 Å². The van der Waals surface area contributed by atoms with E-state index in [2.05, 4.69) is 30.2 Å². The molecule has 0 aromatic carbocycles. The number of likely N-dealkylation sites (N-methyl/N-ethyl adjacent to an activating group) is 1. The zero-order valence-electron chi connectivity index (χ0n) is 9.05. The summed E-state index contributed by atoms with van der Waals surface area (Å²) in [6.45, 7) is 14.3. The topological polar surface area (TPSA) is 6.48 Å². The highest BCUT2D eigenvalue weighted by Gasteiger charge is 2.14. The van der Waals surface area contributed by atoms with Crippen molar-refractivity contribution < 1.29 is 0 Å². The average Bonchev–Trinajstić information content (AvgIpc) is 2.66. The molecule has 2 nitrogen and oxygen atoms in total. The van der Waals surface area contributed by atoms with Gasteiger partial charge in [0.15, 0.2) is 0 Å². The van der Waals surface area contributed by atoms with Gasteiger partial charge in [0.2, 0.25) is 0 Å². The van der Waals surface area contributed by atoms with Crippen molar-refractivity contribution in [2.24, 2.45) is 0 Å². The first-order valence-electron chi connectivity index (χ1n) is 5.43. The van der Waals surface area contributed by atoms with Gasteiger partial charge in [0.25, 0.3) is 0 Å². The SMILES string of the molecule is C=C(CN(CC)CC)N1CCCC1. The van der Waals surface area contributed by atoms with E-state index in [1.54, 1.807) is 0 Å². The second-order valence-electron chi connectivity index (χ2n) is 3.72. The molecule has 0 saturated carbocycles. The predicted octanol–water partition coefficient (Wildman–Crippen LogP) is 1.94. The molecule has 0 amide bonds. The smallest absolute Gasteiger partial charge is 0.0377 e. The van der Waals surface area contributed by atoms with Crippen LogP contribution in [-0.4, -0.2) is 42.5 Å². The van der Waals surface area contributed by atoms with Gasteiger partial charge in [-0.25, -0.2) is 0 Å². The molecular weight excluding hydrogens is 160 g/mol. The van der Waals surface area contributed by atoms with Crippen molar-refractivity contribution in [1.82, 2.24) is 9.80 Å². The normalized spacial score (nSPS) is 17.0. The second kappa shape index (κ2) is 5.28. The van der Waals surface area contributed by atoms with Gasteiger partial charge in [-0.05, 0) is 25.9 Å². The van der Waals surface area contributed by atoms with Gasteiger partial charge in [0.05, 0.1) is 0 Å². The summed E-state index contributed by atoms with van der Waals surface area (Å²) in [7, 11) is 0. The van der Waals surface area contributed by atoms with Gasteiger partial charge in [0, 0.05) is 25.3 Å². The van der Waals surface area contributed by atoms with Gasteiger partial charge in [-0.15, -0.1) is 0 Å². The Balaban J connectivity index is 2.30. The van der Waals surface area contributed by atoms with E-state index in [-0.39, 0.29) is 0 Å². The number of rotatable bonds is 5. The second-order valence-corrected chi connectivity index (χ2v) is 3.72. The Labute approximate surface area is 82.2 Å². The molecule has 1 aliphatic heterocycles. The van der Waals surface area contributed by atoms with Crippen molar-refractivity contribution in [2.75, 3.05) is 32.7 Å². The first-order chi connectivity index (χ1) is 6.27. The highest BCUT2D eigenvalue weighted by atomic mass is 15.2. The standard InChI is InChI=1S/C11H22N2/c1-4-12(5-2)10-11(3)13-8-6-7-9-13/h3-10H2,1-2H3. The fraction of sp³-hybridized carbons (Fsp3) is 0.818. The minimum Gasteiger partial charge on any atom is -0.374 e. The minimum atomic E-state index is 1.05.